The van der Waals surface area contributed by atoms with Crippen LogP contribution in [0.25, 0.3) is 0 Å². The third-order valence-corrected chi connectivity index (χ3v) is 3.28. The van der Waals surface area contributed by atoms with Crippen molar-refractivity contribution in [2.45, 2.75) is 32.1 Å². The molecule has 1 aromatic rings. The second kappa shape index (κ2) is 7.06. The van der Waals surface area contributed by atoms with Gasteiger partial charge in [0, 0.05) is 19.4 Å². The lowest BCUT2D eigenvalue weighted by Gasteiger charge is -2.22. The number of aliphatic hydroxyl groups is 1. The average molecular weight is 275 g/mol. The van der Waals surface area contributed by atoms with Crippen LogP contribution in [-0.4, -0.2) is 24.2 Å². The van der Waals surface area contributed by atoms with Gasteiger partial charge in [0.1, 0.15) is 5.82 Å². The van der Waals surface area contributed by atoms with E-state index in [2.05, 4.69) is 11.8 Å². The summed E-state index contributed by atoms with van der Waals surface area (Å²) in [5.74, 6) is 5.33. The van der Waals surface area contributed by atoms with Crippen molar-refractivity contribution in [3.63, 3.8) is 0 Å². The number of halogens is 1. The van der Waals surface area contributed by atoms with Gasteiger partial charge in [-0.25, -0.2) is 4.39 Å². The zero-order chi connectivity index (χ0) is 14.4. The molecule has 20 heavy (non-hydrogen) atoms. The molecule has 1 aliphatic rings. The van der Waals surface area contributed by atoms with Crippen molar-refractivity contribution in [3.05, 3.63) is 29.6 Å². The van der Waals surface area contributed by atoms with Gasteiger partial charge in [-0.05, 0) is 31.0 Å². The number of nitrogens with zero attached hydrogens (tertiary/aromatic N) is 1. The monoisotopic (exact) mass is 275 g/mol. The Hall–Kier alpha value is -1.86. The Morgan fingerprint density at radius 2 is 2.15 bits per heavy atom. The molecule has 0 aliphatic carbocycles. The van der Waals surface area contributed by atoms with Crippen LogP contribution in [0.15, 0.2) is 18.2 Å². The molecule has 1 heterocycles. The first-order valence-electron chi connectivity index (χ1n) is 6.92. The predicted octanol–water partition coefficient (Wildman–Crippen LogP) is 2.47. The summed E-state index contributed by atoms with van der Waals surface area (Å²) in [5.41, 5.74) is 1.18. The summed E-state index contributed by atoms with van der Waals surface area (Å²) < 4.78 is 13.4. The number of hydrogen-bond donors (Lipinski definition) is 1. The molecule has 1 fully saturated rings. The Bertz CT molecular complexity index is 545. The van der Waals surface area contributed by atoms with Gasteiger partial charge < -0.3 is 10.0 Å². The molecule has 0 saturated carbocycles. The first-order chi connectivity index (χ1) is 9.72. The molecule has 1 N–H and O–H groups in total. The Labute approximate surface area is 118 Å². The zero-order valence-corrected chi connectivity index (χ0v) is 11.4. The number of carbonyl (C=O) groups excluding carboxylic acids is 1. The summed E-state index contributed by atoms with van der Waals surface area (Å²) in [6.45, 7) is 0.624. The van der Waals surface area contributed by atoms with Gasteiger partial charge in [-0.3, -0.25) is 4.79 Å². The number of amides is 1. The van der Waals surface area contributed by atoms with Crippen LogP contribution in [0.5, 0.6) is 0 Å². The highest BCUT2D eigenvalue weighted by Crippen LogP contribution is 2.25. The van der Waals surface area contributed by atoms with E-state index >= 15 is 0 Å². The number of hydrogen-bond acceptors (Lipinski definition) is 2. The molecule has 4 heteroatoms. The first-order valence-corrected chi connectivity index (χ1v) is 6.92. The molecule has 0 radical (unpaired) electrons. The highest BCUT2D eigenvalue weighted by Gasteiger charge is 2.20. The summed E-state index contributed by atoms with van der Waals surface area (Å²) in [4.78, 5) is 13.8. The van der Waals surface area contributed by atoms with Crippen molar-refractivity contribution in [1.29, 1.82) is 0 Å². The van der Waals surface area contributed by atoms with Crippen LogP contribution < -0.4 is 4.90 Å². The standard InChI is InChI=1S/C16H18FNO2/c17-14-8-9-15(13(12-14)6-3-5-11-19)18-10-4-1-2-7-16(18)20/h8-9,12,19H,1-2,4-5,7,10-11H2. The Morgan fingerprint density at radius 1 is 1.30 bits per heavy atom. The van der Waals surface area contributed by atoms with E-state index in [0.717, 1.165) is 19.3 Å². The van der Waals surface area contributed by atoms with Gasteiger partial charge in [-0.2, -0.15) is 0 Å². The molecular weight excluding hydrogens is 257 g/mol. The second-order valence-corrected chi connectivity index (χ2v) is 4.79. The SMILES string of the molecule is O=C1CCCCCN1c1ccc(F)cc1C#CCCO. The number of rotatable bonds is 2. The lowest BCUT2D eigenvalue weighted by atomic mass is 10.1. The summed E-state index contributed by atoms with van der Waals surface area (Å²) in [7, 11) is 0. The number of benzene rings is 1. The van der Waals surface area contributed by atoms with E-state index < -0.39 is 0 Å². The van der Waals surface area contributed by atoms with Gasteiger partial charge in [0.15, 0.2) is 0 Å². The Balaban J connectivity index is 2.34. The van der Waals surface area contributed by atoms with Crippen molar-refractivity contribution < 1.29 is 14.3 Å². The topological polar surface area (TPSA) is 40.5 Å². The molecule has 3 nitrogen and oxygen atoms in total. The first kappa shape index (κ1) is 14.5. The summed E-state index contributed by atoms with van der Waals surface area (Å²) >= 11 is 0. The number of anilines is 1. The van der Waals surface area contributed by atoms with Crippen molar-refractivity contribution >= 4 is 11.6 Å². The lowest BCUT2D eigenvalue weighted by Crippen LogP contribution is -2.30. The molecule has 1 saturated heterocycles. The van der Waals surface area contributed by atoms with Crippen LogP contribution in [0, 0.1) is 17.7 Å². The fourth-order valence-electron chi connectivity index (χ4n) is 2.29. The van der Waals surface area contributed by atoms with Crippen LogP contribution in [0.3, 0.4) is 0 Å². The molecule has 0 unspecified atom stereocenters. The number of carbonyl (C=O) groups is 1. The van der Waals surface area contributed by atoms with Crippen LogP contribution in [0.2, 0.25) is 0 Å². The minimum Gasteiger partial charge on any atom is -0.395 e. The maximum atomic E-state index is 13.4. The van der Waals surface area contributed by atoms with E-state index in [1.165, 1.54) is 12.1 Å². The van der Waals surface area contributed by atoms with Gasteiger partial charge in [0.2, 0.25) is 5.91 Å². The van der Waals surface area contributed by atoms with Crippen molar-refractivity contribution in [2.24, 2.45) is 0 Å². The molecule has 0 atom stereocenters. The highest BCUT2D eigenvalue weighted by molar-refractivity contribution is 5.94. The largest absolute Gasteiger partial charge is 0.395 e. The molecule has 0 bridgehead atoms. The highest BCUT2D eigenvalue weighted by atomic mass is 19.1. The molecule has 1 amide bonds. The van der Waals surface area contributed by atoms with Crippen LogP contribution in [0.4, 0.5) is 10.1 Å². The van der Waals surface area contributed by atoms with Crippen molar-refractivity contribution in [1.82, 2.24) is 0 Å². The zero-order valence-electron chi connectivity index (χ0n) is 11.4. The van der Waals surface area contributed by atoms with Gasteiger partial charge in [0.25, 0.3) is 0 Å². The summed E-state index contributed by atoms with van der Waals surface area (Å²) in [6.07, 6.45) is 3.76. The second-order valence-electron chi connectivity index (χ2n) is 4.79. The third-order valence-electron chi connectivity index (χ3n) is 3.28. The fraction of sp³-hybridized carbons (Fsp3) is 0.438. The summed E-state index contributed by atoms with van der Waals surface area (Å²) in [5, 5.41) is 8.76. The van der Waals surface area contributed by atoms with E-state index in [1.807, 2.05) is 0 Å². The van der Waals surface area contributed by atoms with Crippen molar-refractivity contribution in [2.75, 3.05) is 18.1 Å². The third kappa shape index (κ3) is 3.58. The summed E-state index contributed by atoms with van der Waals surface area (Å²) in [6, 6.07) is 4.31. The molecular formula is C16H18FNO2. The molecule has 0 aromatic heterocycles. The fourth-order valence-corrected chi connectivity index (χ4v) is 2.29. The predicted molar refractivity (Wildman–Crippen MR) is 75.8 cm³/mol. The average Bonchev–Trinajstić information content (AvgIpc) is 2.64. The quantitative estimate of drug-likeness (QED) is 0.842. The van der Waals surface area contributed by atoms with Gasteiger partial charge in [-0.1, -0.05) is 18.3 Å². The van der Waals surface area contributed by atoms with Gasteiger partial charge in [-0.15, -0.1) is 0 Å². The minimum absolute atomic E-state index is 0.0275. The van der Waals surface area contributed by atoms with E-state index in [0.29, 0.717) is 30.6 Å². The van der Waals surface area contributed by atoms with Crippen molar-refractivity contribution in [3.8, 4) is 11.8 Å². The Morgan fingerprint density at radius 3 is 2.95 bits per heavy atom. The smallest absolute Gasteiger partial charge is 0.227 e. The molecule has 2 rings (SSSR count). The van der Waals surface area contributed by atoms with Gasteiger partial charge >= 0.3 is 0 Å². The molecule has 106 valence electrons. The molecule has 1 aliphatic heterocycles. The number of aliphatic hydroxyl groups excluding tert-OH is 1. The van der Waals surface area contributed by atoms with E-state index in [-0.39, 0.29) is 18.3 Å². The van der Waals surface area contributed by atoms with E-state index in [1.54, 1.807) is 11.0 Å². The van der Waals surface area contributed by atoms with E-state index in [4.69, 9.17) is 5.11 Å². The minimum atomic E-state index is -0.371. The van der Waals surface area contributed by atoms with Crippen LogP contribution >= 0.6 is 0 Å². The maximum absolute atomic E-state index is 13.4. The molecule has 1 aromatic carbocycles. The normalized spacial score (nSPS) is 15.5. The maximum Gasteiger partial charge on any atom is 0.227 e. The van der Waals surface area contributed by atoms with E-state index in [9.17, 15) is 9.18 Å². The van der Waals surface area contributed by atoms with Crippen LogP contribution in [0.1, 0.15) is 37.7 Å². The molecule has 0 spiro atoms. The van der Waals surface area contributed by atoms with Gasteiger partial charge in [0.05, 0.1) is 17.9 Å². The Kier molecular flexibility index (Phi) is 5.14. The van der Waals surface area contributed by atoms with Crippen LogP contribution in [-0.2, 0) is 4.79 Å². The lowest BCUT2D eigenvalue weighted by molar-refractivity contribution is -0.118.